The van der Waals surface area contributed by atoms with Gasteiger partial charge in [-0.05, 0) is 6.92 Å². The van der Waals surface area contributed by atoms with Crippen LogP contribution in [-0.4, -0.2) is 18.3 Å². The van der Waals surface area contributed by atoms with E-state index >= 15 is 0 Å². The van der Waals surface area contributed by atoms with Crippen molar-refractivity contribution < 1.29 is 9.53 Å². The minimum atomic E-state index is -0.299. The third-order valence-corrected chi connectivity index (χ3v) is 0.857. The third kappa shape index (κ3) is 5.43. The lowest BCUT2D eigenvalue weighted by molar-refractivity contribution is -0.137. The number of thiol groups is 1. The molecule has 0 N–H and O–H groups in total. The molecule has 0 fully saturated rings. The number of ether oxygens (including phenoxy) is 1. The highest BCUT2D eigenvalue weighted by Crippen LogP contribution is 1.82. The smallest absolute Gasteiger partial charge is 0.330 e. The van der Waals surface area contributed by atoms with Crippen LogP contribution in [-0.2, 0) is 9.53 Å². The lowest BCUT2D eigenvalue weighted by Gasteiger charge is -1.92. The van der Waals surface area contributed by atoms with E-state index < -0.39 is 0 Å². The molecule has 0 atom stereocenters. The Bertz CT molecular complexity index is 110. The fourth-order valence-corrected chi connectivity index (χ4v) is 0.445. The maximum absolute atomic E-state index is 10.5. The van der Waals surface area contributed by atoms with Crippen molar-refractivity contribution in [3.05, 3.63) is 12.2 Å². The Labute approximate surface area is 60.3 Å². The Morgan fingerprint density at radius 3 is 2.89 bits per heavy atom. The Morgan fingerprint density at radius 2 is 2.44 bits per heavy atom. The highest BCUT2D eigenvalue weighted by molar-refractivity contribution is 7.80. The molecular formula is C6H10O2S. The topological polar surface area (TPSA) is 26.3 Å². The van der Waals surface area contributed by atoms with Crippen molar-refractivity contribution in [2.45, 2.75) is 6.92 Å². The van der Waals surface area contributed by atoms with E-state index in [1.165, 1.54) is 6.08 Å². The highest BCUT2D eigenvalue weighted by Gasteiger charge is 1.89. The Balaban J connectivity index is 3.37. The average molecular weight is 146 g/mol. The van der Waals surface area contributed by atoms with Crippen LogP contribution in [0.25, 0.3) is 0 Å². The van der Waals surface area contributed by atoms with Crippen LogP contribution >= 0.6 is 12.6 Å². The monoisotopic (exact) mass is 146 g/mol. The molecule has 0 rings (SSSR count). The van der Waals surface area contributed by atoms with E-state index in [-0.39, 0.29) is 5.97 Å². The quantitative estimate of drug-likeness (QED) is 0.366. The SMILES string of the molecule is CCOC(=O)C=CCS. The summed E-state index contributed by atoms with van der Waals surface area (Å²) in [5.41, 5.74) is 0. The standard InChI is InChI=1S/C6H10O2S/c1-2-8-6(7)4-3-5-9/h3-4,9H,2,5H2,1H3. The van der Waals surface area contributed by atoms with Gasteiger partial charge < -0.3 is 4.74 Å². The van der Waals surface area contributed by atoms with Crippen molar-refractivity contribution >= 4 is 18.6 Å². The summed E-state index contributed by atoms with van der Waals surface area (Å²) in [7, 11) is 0. The van der Waals surface area contributed by atoms with Gasteiger partial charge in [0, 0.05) is 11.8 Å². The molecule has 0 aromatic rings. The van der Waals surface area contributed by atoms with E-state index in [2.05, 4.69) is 17.4 Å². The molecule has 0 aliphatic carbocycles. The largest absolute Gasteiger partial charge is 0.463 e. The molecule has 52 valence electrons. The minimum absolute atomic E-state index is 0.299. The molecule has 0 heterocycles. The van der Waals surface area contributed by atoms with Gasteiger partial charge >= 0.3 is 5.97 Å². The molecule has 0 unspecified atom stereocenters. The number of esters is 1. The van der Waals surface area contributed by atoms with E-state index in [9.17, 15) is 4.79 Å². The van der Waals surface area contributed by atoms with Gasteiger partial charge in [0.2, 0.25) is 0 Å². The molecule has 0 saturated carbocycles. The number of hydrogen-bond donors (Lipinski definition) is 1. The van der Waals surface area contributed by atoms with Crippen molar-refractivity contribution in [2.75, 3.05) is 12.4 Å². The van der Waals surface area contributed by atoms with Crippen LogP contribution < -0.4 is 0 Å². The molecule has 0 bridgehead atoms. The molecule has 9 heavy (non-hydrogen) atoms. The summed E-state index contributed by atoms with van der Waals surface area (Å²) in [5.74, 6) is 0.269. The lowest BCUT2D eigenvalue weighted by Crippen LogP contribution is -1.98. The first-order valence-electron chi connectivity index (χ1n) is 2.75. The van der Waals surface area contributed by atoms with Crippen LogP contribution in [0.1, 0.15) is 6.92 Å². The molecule has 0 amide bonds. The predicted octanol–water partition coefficient (Wildman–Crippen LogP) is 1.04. The molecule has 0 aromatic carbocycles. The molecule has 0 aliphatic rings. The van der Waals surface area contributed by atoms with Gasteiger partial charge in [0.1, 0.15) is 0 Å². The maximum atomic E-state index is 10.5. The summed E-state index contributed by atoms with van der Waals surface area (Å²) in [6, 6.07) is 0. The van der Waals surface area contributed by atoms with E-state index in [0.29, 0.717) is 12.4 Å². The number of carbonyl (C=O) groups excluding carboxylic acids is 1. The molecule has 2 nitrogen and oxygen atoms in total. The molecule has 0 spiro atoms. The zero-order chi connectivity index (χ0) is 7.11. The average Bonchev–Trinajstić information content (AvgIpc) is 1.85. The second-order valence-electron chi connectivity index (χ2n) is 1.34. The van der Waals surface area contributed by atoms with Gasteiger partial charge in [-0.3, -0.25) is 0 Å². The van der Waals surface area contributed by atoms with Crippen LogP contribution in [0, 0.1) is 0 Å². The summed E-state index contributed by atoms with van der Waals surface area (Å²) >= 11 is 3.87. The second kappa shape index (κ2) is 5.69. The Hall–Kier alpha value is -0.440. The number of carbonyl (C=O) groups is 1. The third-order valence-electron chi connectivity index (χ3n) is 0.646. The van der Waals surface area contributed by atoms with Gasteiger partial charge in [0.25, 0.3) is 0 Å². The summed E-state index contributed by atoms with van der Waals surface area (Å²) in [4.78, 5) is 10.5. The molecule has 0 radical (unpaired) electrons. The van der Waals surface area contributed by atoms with Gasteiger partial charge in [0.15, 0.2) is 0 Å². The number of rotatable bonds is 3. The van der Waals surface area contributed by atoms with Gasteiger partial charge in [-0.1, -0.05) is 6.08 Å². The summed E-state index contributed by atoms with van der Waals surface area (Å²) in [6.07, 6.45) is 3.01. The fraction of sp³-hybridized carbons (Fsp3) is 0.500. The van der Waals surface area contributed by atoms with Crippen molar-refractivity contribution in [2.24, 2.45) is 0 Å². The van der Waals surface area contributed by atoms with Crippen molar-refractivity contribution in [1.82, 2.24) is 0 Å². The van der Waals surface area contributed by atoms with E-state index in [0.717, 1.165) is 0 Å². The molecule has 0 saturated heterocycles. The summed E-state index contributed by atoms with van der Waals surface area (Å²) in [5, 5.41) is 0. The van der Waals surface area contributed by atoms with Crippen LogP contribution in [0.4, 0.5) is 0 Å². The van der Waals surface area contributed by atoms with Crippen LogP contribution in [0.15, 0.2) is 12.2 Å². The van der Waals surface area contributed by atoms with Crippen molar-refractivity contribution in [1.29, 1.82) is 0 Å². The summed E-state index contributed by atoms with van der Waals surface area (Å²) in [6.45, 7) is 2.20. The Morgan fingerprint density at radius 1 is 1.78 bits per heavy atom. The van der Waals surface area contributed by atoms with E-state index in [4.69, 9.17) is 0 Å². The minimum Gasteiger partial charge on any atom is -0.463 e. The first-order chi connectivity index (χ1) is 4.31. The zero-order valence-corrected chi connectivity index (χ0v) is 6.23. The molecule has 0 aliphatic heterocycles. The van der Waals surface area contributed by atoms with Gasteiger partial charge in [-0.2, -0.15) is 12.6 Å². The van der Waals surface area contributed by atoms with Gasteiger partial charge in [0.05, 0.1) is 6.61 Å². The first kappa shape index (κ1) is 8.56. The van der Waals surface area contributed by atoms with Crippen LogP contribution in [0.2, 0.25) is 0 Å². The molecule has 0 aromatic heterocycles. The second-order valence-corrected chi connectivity index (χ2v) is 1.70. The van der Waals surface area contributed by atoms with Crippen molar-refractivity contribution in [3.63, 3.8) is 0 Å². The summed E-state index contributed by atoms with van der Waals surface area (Å²) < 4.78 is 4.58. The van der Waals surface area contributed by atoms with Crippen LogP contribution in [0.5, 0.6) is 0 Å². The van der Waals surface area contributed by atoms with Crippen molar-refractivity contribution in [3.8, 4) is 0 Å². The van der Waals surface area contributed by atoms with E-state index in [1.54, 1.807) is 13.0 Å². The Kier molecular flexibility index (Phi) is 5.41. The van der Waals surface area contributed by atoms with Crippen LogP contribution in [0.3, 0.4) is 0 Å². The normalized spacial score (nSPS) is 10.0. The first-order valence-corrected chi connectivity index (χ1v) is 3.38. The molecular weight excluding hydrogens is 136 g/mol. The molecule has 3 heteroatoms. The predicted molar refractivity (Wildman–Crippen MR) is 39.6 cm³/mol. The van der Waals surface area contributed by atoms with Gasteiger partial charge in [-0.25, -0.2) is 4.79 Å². The van der Waals surface area contributed by atoms with Gasteiger partial charge in [-0.15, -0.1) is 0 Å². The lowest BCUT2D eigenvalue weighted by atomic mass is 10.5. The number of hydrogen-bond acceptors (Lipinski definition) is 3. The highest BCUT2D eigenvalue weighted by atomic mass is 32.1. The maximum Gasteiger partial charge on any atom is 0.330 e. The van der Waals surface area contributed by atoms with E-state index in [1.807, 2.05) is 0 Å². The zero-order valence-electron chi connectivity index (χ0n) is 5.33. The fourth-order valence-electron chi connectivity index (χ4n) is 0.339.